The lowest BCUT2D eigenvalue weighted by Gasteiger charge is -2.35. The third-order valence-electron chi connectivity index (χ3n) is 4.70. The van der Waals surface area contributed by atoms with Gasteiger partial charge in [0.25, 0.3) is 0 Å². The standard InChI is InChI=1S/C20H20F3NO6S/c21-20(22,23)15-7-12(30-31-19-17(27)16(26)8-13(9-25)29-19)4-5-14(15)10-2-1-3-11(6-10)18(24)28/h1-7,13,16-17,19,25-27H,8-9H2,(H2,24,28)/t13-,16-,17-,19?/m1/s1. The first-order valence-electron chi connectivity index (χ1n) is 9.17. The lowest BCUT2D eigenvalue weighted by atomic mass is 9.97. The van der Waals surface area contributed by atoms with Crippen molar-refractivity contribution >= 4 is 17.9 Å². The van der Waals surface area contributed by atoms with Crippen molar-refractivity contribution in [1.82, 2.24) is 0 Å². The third-order valence-corrected chi connectivity index (χ3v) is 5.57. The van der Waals surface area contributed by atoms with Gasteiger partial charge in [0.05, 0.1) is 36.4 Å². The molecule has 2 aromatic carbocycles. The van der Waals surface area contributed by atoms with Crippen molar-refractivity contribution in [3.05, 3.63) is 53.6 Å². The number of primary amides is 1. The Bertz CT molecular complexity index is 941. The number of ether oxygens (including phenoxy) is 1. The van der Waals surface area contributed by atoms with Crippen molar-refractivity contribution in [2.75, 3.05) is 6.61 Å². The number of hydrogen-bond acceptors (Lipinski definition) is 7. The molecule has 1 aliphatic heterocycles. The summed E-state index contributed by atoms with van der Waals surface area (Å²) in [7, 11) is 0. The Kier molecular flexibility index (Phi) is 7.12. The van der Waals surface area contributed by atoms with Crippen LogP contribution in [-0.4, -0.2) is 51.6 Å². The van der Waals surface area contributed by atoms with Gasteiger partial charge in [-0.15, -0.1) is 0 Å². The van der Waals surface area contributed by atoms with Gasteiger partial charge in [0.2, 0.25) is 5.91 Å². The molecule has 3 rings (SSSR count). The van der Waals surface area contributed by atoms with E-state index in [-0.39, 0.29) is 28.9 Å². The zero-order chi connectivity index (χ0) is 22.8. The maximum atomic E-state index is 13.7. The van der Waals surface area contributed by atoms with Crippen molar-refractivity contribution in [3.8, 4) is 16.9 Å². The number of alkyl halides is 3. The van der Waals surface area contributed by atoms with Gasteiger partial charge in [-0.05, 0) is 35.4 Å². The topological polar surface area (TPSA) is 122 Å². The van der Waals surface area contributed by atoms with Gasteiger partial charge in [-0.1, -0.05) is 18.2 Å². The molecule has 0 radical (unpaired) electrons. The van der Waals surface area contributed by atoms with Gasteiger partial charge >= 0.3 is 6.18 Å². The van der Waals surface area contributed by atoms with Crippen molar-refractivity contribution in [1.29, 1.82) is 0 Å². The van der Waals surface area contributed by atoms with Crippen LogP contribution in [0.5, 0.6) is 5.75 Å². The monoisotopic (exact) mass is 459 g/mol. The molecule has 1 heterocycles. The Labute approximate surface area is 179 Å². The second-order valence-corrected chi connectivity index (χ2v) is 7.76. The highest BCUT2D eigenvalue weighted by Crippen LogP contribution is 2.40. The van der Waals surface area contributed by atoms with E-state index in [1.54, 1.807) is 0 Å². The van der Waals surface area contributed by atoms with E-state index >= 15 is 0 Å². The van der Waals surface area contributed by atoms with E-state index in [9.17, 15) is 33.3 Å². The van der Waals surface area contributed by atoms with E-state index < -0.39 is 48.0 Å². The van der Waals surface area contributed by atoms with E-state index in [0.717, 1.165) is 6.07 Å². The summed E-state index contributed by atoms with van der Waals surface area (Å²) in [4.78, 5) is 11.4. The molecule has 0 aliphatic carbocycles. The molecule has 168 valence electrons. The summed E-state index contributed by atoms with van der Waals surface area (Å²) in [5.41, 5.74) is 3.16. The van der Waals surface area contributed by atoms with Crippen LogP contribution >= 0.6 is 12.0 Å². The largest absolute Gasteiger partial charge is 0.423 e. The van der Waals surface area contributed by atoms with Crippen LogP contribution in [0.1, 0.15) is 22.3 Å². The maximum absolute atomic E-state index is 13.7. The fraction of sp³-hybridized carbons (Fsp3) is 0.350. The number of aliphatic hydroxyl groups excluding tert-OH is 3. The number of carbonyl (C=O) groups excluding carboxylic acids is 1. The SMILES string of the molecule is NC(=O)c1cccc(-c2ccc(OSC3O[C@@H](CO)C[C@@H](O)[C@H]3O)cc2C(F)(F)F)c1. The molecule has 4 atom stereocenters. The van der Waals surface area contributed by atoms with E-state index in [4.69, 9.17) is 14.7 Å². The quantitative estimate of drug-likeness (QED) is 0.489. The van der Waals surface area contributed by atoms with Crippen LogP contribution in [0, 0.1) is 0 Å². The van der Waals surface area contributed by atoms with Crippen molar-refractivity contribution in [2.45, 2.75) is 36.3 Å². The van der Waals surface area contributed by atoms with Crippen LogP contribution in [0.4, 0.5) is 13.2 Å². The van der Waals surface area contributed by atoms with E-state index in [2.05, 4.69) is 0 Å². The molecule has 11 heteroatoms. The first-order chi connectivity index (χ1) is 14.6. The lowest BCUT2D eigenvalue weighted by Crippen LogP contribution is -2.48. The van der Waals surface area contributed by atoms with Gasteiger partial charge in [0, 0.05) is 12.0 Å². The number of carbonyl (C=O) groups is 1. The molecule has 31 heavy (non-hydrogen) atoms. The molecule has 1 amide bonds. The van der Waals surface area contributed by atoms with Crippen LogP contribution in [-0.2, 0) is 10.9 Å². The zero-order valence-corrected chi connectivity index (χ0v) is 16.8. The highest BCUT2D eigenvalue weighted by Gasteiger charge is 2.38. The molecule has 1 unspecified atom stereocenters. The molecule has 0 saturated carbocycles. The summed E-state index contributed by atoms with van der Waals surface area (Å²) < 4.78 is 51.8. The molecule has 2 aromatic rings. The Morgan fingerprint density at radius 3 is 2.61 bits per heavy atom. The molecule has 0 aromatic heterocycles. The molecule has 1 fully saturated rings. The number of rotatable bonds is 6. The van der Waals surface area contributed by atoms with Gasteiger partial charge < -0.3 is 30.0 Å². The van der Waals surface area contributed by atoms with Crippen molar-refractivity contribution in [3.63, 3.8) is 0 Å². The van der Waals surface area contributed by atoms with Crippen LogP contribution in [0.2, 0.25) is 0 Å². The fourth-order valence-electron chi connectivity index (χ4n) is 3.12. The summed E-state index contributed by atoms with van der Waals surface area (Å²) in [6.07, 6.45) is -7.94. The lowest BCUT2D eigenvalue weighted by molar-refractivity contribution is -0.146. The summed E-state index contributed by atoms with van der Waals surface area (Å²) in [5, 5.41) is 29.0. The summed E-state index contributed by atoms with van der Waals surface area (Å²) in [6, 6.07) is 8.80. The van der Waals surface area contributed by atoms with Crippen LogP contribution in [0.25, 0.3) is 11.1 Å². The van der Waals surface area contributed by atoms with Crippen molar-refractivity contribution < 1.29 is 42.2 Å². The van der Waals surface area contributed by atoms with Gasteiger partial charge in [0.15, 0.2) is 5.44 Å². The molecular formula is C20H20F3NO6S. The highest BCUT2D eigenvalue weighted by molar-refractivity contribution is 7.95. The Hall–Kier alpha value is -2.31. The molecule has 1 saturated heterocycles. The molecule has 0 spiro atoms. The molecule has 5 N–H and O–H groups in total. The predicted octanol–water partition coefficient (Wildman–Crippen LogP) is 2.33. The number of aliphatic hydroxyl groups is 3. The predicted molar refractivity (Wildman–Crippen MR) is 106 cm³/mol. The maximum Gasteiger partial charge on any atom is 0.417 e. The summed E-state index contributed by atoms with van der Waals surface area (Å²) in [6.45, 7) is -0.391. The van der Waals surface area contributed by atoms with E-state index in [0.29, 0.717) is 12.0 Å². The second kappa shape index (κ2) is 9.45. The Balaban J connectivity index is 1.85. The minimum atomic E-state index is -4.72. The second-order valence-electron chi connectivity index (χ2n) is 6.93. The van der Waals surface area contributed by atoms with Crippen molar-refractivity contribution in [2.24, 2.45) is 5.73 Å². The average molecular weight is 459 g/mol. The molecule has 1 aliphatic rings. The normalized spacial score (nSPS) is 24.1. The van der Waals surface area contributed by atoms with Gasteiger partial charge in [0.1, 0.15) is 11.9 Å². The van der Waals surface area contributed by atoms with E-state index in [1.165, 1.54) is 36.4 Å². The van der Waals surface area contributed by atoms with Crippen LogP contribution in [0.3, 0.4) is 0 Å². The minimum Gasteiger partial charge on any atom is -0.423 e. The fourth-order valence-corrected chi connectivity index (χ4v) is 3.92. The summed E-state index contributed by atoms with van der Waals surface area (Å²) >= 11 is 0.537. The number of nitrogens with two attached hydrogens (primary N) is 1. The zero-order valence-electron chi connectivity index (χ0n) is 16.0. The molecular weight excluding hydrogens is 439 g/mol. The van der Waals surface area contributed by atoms with Crippen LogP contribution < -0.4 is 9.92 Å². The van der Waals surface area contributed by atoms with E-state index in [1.807, 2.05) is 0 Å². The number of benzene rings is 2. The Morgan fingerprint density at radius 2 is 1.97 bits per heavy atom. The van der Waals surface area contributed by atoms with Crippen LogP contribution in [0.15, 0.2) is 42.5 Å². The van der Waals surface area contributed by atoms with Gasteiger partial charge in [-0.3, -0.25) is 4.79 Å². The summed E-state index contributed by atoms with van der Waals surface area (Å²) in [5.74, 6) is -0.926. The number of halogens is 3. The van der Waals surface area contributed by atoms with Gasteiger partial charge in [-0.2, -0.15) is 13.2 Å². The molecule has 7 nitrogen and oxygen atoms in total. The first kappa shape index (κ1) is 23.4. The third kappa shape index (κ3) is 5.49. The number of hydrogen-bond donors (Lipinski definition) is 4. The molecule has 0 bridgehead atoms. The van der Waals surface area contributed by atoms with Gasteiger partial charge in [-0.25, -0.2) is 0 Å². The number of amides is 1. The minimum absolute atomic E-state index is 0.0199. The first-order valence-corrected chi connectivity index (χ1v) is 9.98. The highest BCUT2D eigenvalue weighted by atomic mass is 32.2. The average Bonchev–Trinajstić information content (AvgIpc) is 2.74. The Morgan fingerprint density at radius 1 is 1.23 bits per heavy atom. The smallest absolute Gasteiger partial charge is 0.417 e.